The van der Waals surface area contributed by atoms with Gasteiger partial charge >= 0.3 is 163 Å². The van der Waals surface area contributed by atoms with Crippen molar-refractivity contribution in [1.29, 1.82) is 0 Å². The number of carbonyl (C=O) groups excluding carboxylic acids is 1. The van der Waals surface area contributed by atoms with Gasteiger partial charge in [-0.15, -0.1) is 0 Å². The number of carbonyl (C=O) groups is 1. The fraction of sp³-hybridized carbons (Fsp3) is 0.435. The molecular weight excluding hydrogens is 387 g/mol. The van der Waals surface area contributed by atoms with Crippen molar-refractivity contribution >= 4 is 25.4 Å². The Labute approximate surface area is 163 Å². The van der Waals surface area contributed by atoms with E-state index in [9.17, 15) is 4.79 Å². The molecule has 0 aromatic heterocycles. The van der Waals surface area contributed by atoms with Crippen molar-refractivity contribution in [3.63, 3.8) is 0 Å². The number of rotatable bonds is 4. The molecule has 2 aromatic carbocycles. The summed E-state index contributed by atoms with van der Waals surface area (Å²) in [5, 5.41) is 0. The molecule has 1 aliphatic rings. The van der Waals surface area contributed by atoms with Crippen molar-refractivity contribution in [3.8, 4) is 0 Å². The summed E-state index contributed by atoms with van der Waals surface area (Å²) in [5.41, 5.74) is 1.99. The second kappa shape index (κ2) is 8.41. The molecule has 2 nitrogen and oxygen atoms in total. The molecule has 1 fully saturated rings. The summed E-state index contributed by atoms with van der Waals surface area (Å²) in [4.78, 5) is 13.1. The zero-order chi connectivity index (χ0) is 18.6. The van der Waals surface area contributed by atoms with Crippen molar-refractivity contribution in [2.75, 3.05) is 0 Å². The van der Waals surface area contributed by atoms with Gasteiger partial charge in [0, 0.05) is 0 Å². The summed E-state index contributed by atoms with van der Waals surface area (Å²) in [6.07, 6.45) is 4.61. The zero-order valence-corrected chi connectivity index (χ0v) is 17.6. The van der Waals surface area contributed by atoms with Gasteiger partial charge in [0.1, 0.15) is 0 Å². The summed E-state index contributed by atoms with van der Waals surface area (Å²) in [6, 6.07) is 18.5. The molecule has 0 spiro atoms. The van der Waals surface area contributed by atoms with E-state index >= 15 is 0 Å². The molecule has 0 aliphatic heterocycles. The fourth-order valence-corrected chi connectivity index (χ4v) is 6.03. The predicted octanol–water partition coefficient (Wildman–Crippen LogP) is 4.90. The van der Waals surface area contributed by atoms with Crippen LogP contribution in [0.4, 0.5) is 0 Å². The Hall–Kier alpha value is -1.57. The predicted molar refractivity (Wildman–Crippen MR) is 108 cm³/mol. The van der Waals surface area contributed by atoms with Crippen LogP contribution in [-0.2, 0) is 10.2 Å². The van der Waals surface area contributed by atoms with Gasteiger partial charge in [0.05, 0.1) is 0 Å². The SMILES string of the molecule is CC(C)(C)c1ccc(C(=O)OC2CCCCC2[Se]c2ccccc2)cc1. The van der Waals surface area contributed by atoms with Crippen molar-refractivity contribution in [2.45, 2.75) is 62.8 Å². The number of esters is 1. The van der Waals surface area contributed by atoms with Crippen LogP contribution in [0.25, 0.3) is 0 Å². The zero-order valence-electron chi connectivity index (χ0n) is 15.9. The number of hydrogen-bond donors (Lipinski definition) is 0. The molecule has 3 rings (SSSR count). The molecule has 2 aromatic rings. The second-order valence-electron chi connectivity index (χ2n) is 8.02. The normalized spacial score (nSPS) is 20.6. The minimum atomic E-state index is -0.175. The third kappa shape index (κ3) is 4.99. The summed E-state index contributed by atoms with van der Waals surface area (Å²) in [5.74, 6) is -0.175. The molecular formula is C23H28O2Se. The van der Waals surface area contributed by atoms with Crippen LogP contribution < -0.4 is 4.46 Å². The van der Waals surface area contributed by atoms with Crippen LogP contribution in [0, 0.1) is 0 Å². The molecule has 1 aliphatic carbocycles. The van der Waals surface area contributed by atoms with Gasteiger partial charge in [-0.1, -0.05) is 0 Å². The molecule has 0 amide bonds. The molecule has 3 heteroatoms. The van der Waals surface area contributed by atoms with E-state index in [2.05, 4.69) is 51.1 Å². The number of benzene rings is 2. The molecule has 0 N–H and O–H groups in total. The van der Waals surface area contributed by atoms with Gasteiger partial charge < -0.3 is 0 Å². The summed E-state index contributed by atoms with van der Waals surface area (Å²) < 4.78 is 7.36. The summed E-state index contributed by atoms with van der Waals surface area (Å²) in [6.45, 7) is 6.54. The number of hydrogen-bond acceptors (Lipinski definition) is 2. The Kier molecular flexibility index (Phi) is 6.21. The molecule has 0 heterocycles. The van der Waals surface area contributed by atoms with Gasteiger partial charge in [-0.05, 0) is 0 Å². The van der Waals surface area contributed by atoms with E-state index in [4.69, 9.17) is 4.74 Å². The summed E-state index contributed by atoms with van der Waals surface area (Å²) >= 11 is 0.350. The molecule has 0 radical (unpaired) electrons. The first kappa shape index (κ1) is 19.2. The first-order valence-electron chi connectivity index (χ1n) is 9.47. The van der Waals surface area contributed by atoms with Gasteiger partial charge in [0.25, 0.3) is 0 Å². The Morgan fingerprint density at radius 2 is 1.62 bits per heavy atom. The monoisotopic (exact) mass is 416 g/mol. The van der Waals surface area contributed by atoms with Crippen LogP contribution in [0.5, 0.6) is 0 Å². The molecule has 2 atom stereocenters. The van der Waals surface area contributed by atoms with E-state index in [1.165, 1.54) is 16.4 Å². The Morgan fingerprint density at radius 1 is 0.962 bits per heavy atom. The van der Waals surface area contributed by atoms with Crippen molar-refractivity contribution < 1.29 is 9.53 Å². The van der Waals surface area contributed by atoms with Crippen LogP contribution in [0.1, 0.15) is 62.4 Å². The third-order valence-corrected chi connectivity index (χ3v) is 7.83. The van der Waals surface area contributed by atoms with Crippen LogP contribution in [-0.4, -0.2) is 27.0 Å². The van der Waals surface area contributed by atoms with Crippen LogP contribution in [0.2, 0.25) is 4.82 Å². The topological polar surface area (TPSA) is 26.3 Å². The van der Waals surface area contributed by atoms with E-state index in [1.54, 1.807) is 0 Å². The van der Waals surface area contributed by atoms with E-state index in [0.29, 0.717) is 25.3 Å². The van der Waals surface area contributed by atoms with Crippen LogP contribution in [0.3, 0.4) is 0 Å². The average molecular weight is 415 g/mol. The third-order valence-electron chi connectivity index (χ3n) is 4.92. The van der Waals surface area contributed by atoms with Gasteiger partial charge in [-0.25, -0.2) is 0 Å². The molecule has 26 heavy (non-hydrogen) atoms. The Morgan fingerprint density at radius 3 is 2.27 bits per heavy atom. The van der Waals surface area contributed by atoms with Gasteiger partial charge in [-0.2, -0.15) is 0 Å². The second-order valence-corrected chi connectivity index (χ2v) is 10.8. The van der Waals surface area contributed by atoms with Crippen LogP contribution >= 0.6 is 0 Å². The van der Waals surface area contributed by atoms with E-state index in [1.807, 2.05) is 24.3 Å². The van der Waals surface area contributed by atoms with Gasteiger partial charge in [-0.3, -0.25) is 0 Å². The maximum absolute atomic E-state index is 12.7. The standard InChI is InChI=1S/C23H28O2Se/c1-23(2,3)18-15-13-17(14-16-18)22(24)25-20-11-7-8-12-21(20)26-19-9-5-4-6-10-19/h4-6,9-10,13-16,20-21H,7-8,11-12H2,1-3H3. The number of ether oxygens (including phenoxy) is 1. The van der Waals surface area contributed by atoms with E-state index in [0.717, 1.165) is 19.3 Å². The Bertz CT molecular complexity index is 716. The first-order valence-corrected chi connectivity index (χ1v) is 11.3. The van der Waals surface area contributed by atoms with E-state index < -0.39 is 0 Å². The van der Waals surface area contributed by atoms with Crippen LogP contribution in [0.15, 0.2) is 54.6 Å². The van der Waals surface area contributed by atoms with Gasteiger partial charge in [0.2, 0.25) is 0 Å². The van der Waals surface area contributed by atoms with Crippen molar-refractivity contribution in [3.05, 3.63) is 65.7 Å². The molecule has 0 saturated heterocycles. The Balaban J connectivity index is 1.66. The molecule has 2 unspecified atom stereocenters. The molecule has 1 saturated carbocycles. The molecule has 138 valence electrons. The first-order chi connectivity index (χ1) is 12.4. The minimum absolute atomic E-state index is 0.0544. The van der Waals surface area contributed by atoms with Crippen molar-refractivity contribution in [1.82, 2.24) is 0 Å². The van der Waals surface area contributed by atoms with Gasteiger partial charge in [0.15, 0.2) is 0 Å². The quantitative estimate of drug-likeness (QED) is 0.524. The van der Waals surface area contributed by atoms with E-state index in [-0.39, 0.29) is 17.5 Å². The molecule has 0 bridgehead atoms. The fourth-order valence-electron chi connectivity index (χ4n) is 3.32. The average Bonchev–Trinajstić information content (AvgIpc) is 2.63. The summed E-state index contributed by atoms with van der Waals surface area (Å²) in [7, 11) is 0. The van der Waals surface area contributed by atoms with Crippen molar-refractivity contribution in [2.24, 2.45) is 0 Å². The maximum atomic E-state index is 12.7.